The van der Waals surface area contributed by atoms with Crippen molar-refractivity contribution < 1.29 is 9.66 Å². The second-order valence-electron chi connectivity index (χ2n) is 5.57. The number of likely N-dealkylation sites (N-methyl/N-ethyl adjacent to an activating group) is 1. The zero-order chi connectivity index (χ0) is 18.4. The summed E-state index contributed by atoms with van der Waals surface area (Å²) in [6.07, 6.45) is 0. The van der Waals surface area contributed by atoms with E-state index in [1.807, 2.05) is 43.3 Å². The van der Waals surface area contributed by atoms with Crippen LogP contribution in [0.15, 0.2) is 36.4 Å². The Kier molecular flexibility index (Phi) is 5.87. The van der Waals surface area contributed by atoms with Gasteiger partial charge < -0.3 is 15.0 Å². The molecule has 8 nitrogen and oxygen atoms in total. The molecule has 1 unspecified atom stereocenters. The number of methoxy groups -OCH3 is 1. The summed E-state index contributed by atoms with van der Waals surface area (Å²) in [5.41, 5.74) is 0.544. The molecule has 0 amide bonds. The first-order valence-electron chi connectivity index (χ1n) is 7.56. The molecule has 2 rings (SSSR count). The number of nitro groups is 1. The Balaban J connectivity index is 2.19. The topological polar surface area (TPSA) is 104 Å². The fraction of sp³-hybridized carbons (Fsp3) is 0.294. The molecule has 0 aliphatic carbocycles. The fourth-order valence-electron chi connectivity index (χ4n) is 2.43. The van der Waals surface area contributed by atoms with E-state index < -0.39 is 4.92 Å². The number of nitriles is 1. The van der Waals surface area contributed by atoms with Crippen LogP contribution in [0.5, 0.6) is 5.75 Å². The van der Waals surface area contributed by atoms with Crippen LogP contribution in [0.3, 0.4) is 0 Å². The van der Waals surface area contributed by atoms with Gasteiger partial charge in [-0.3, -0.25) is 10.1 Å². The lowest BCUT2D eigenvalue weighted by molar-refractivity contribution is -0.385. The number of hydrogen-bond donors (Lipinski definition) is 1. The molecule has 0 radical (unpaired) electrons. The summed E-state index contributed by atoms with van der Waals surface area (Å²) < 4.78 is 5.26. The van der Waals surface area contributed by atoms with Crippen molar-refractivity contribution in [2.24, 2.45) is 0 Å². The van der Waals surface area contributed by atoms with E-state index in [9.17, 15) is 10.1 Å². The van der Waals surface area contributed by atoms with Gasteiger partial charge in [0.15, 0.2) is 0 Å². The second kappa shape index (κ2) is 8.08. The molecule has 0 aliphatic rings. The van der Waals surface area contributed by atoms with Gasteiger partial charge in [0.1, 0.15) is 17.6 Å². The maximum absolute atomic E-state index is 10.9. The van der Waals surface area contributed by atoms with Gasteiger partial charge in [-0.25, -0.2) is 4.98 Å². The van der Waals surface area contributed by atoms with Crippen LogP contribution in [0.4, 0.5) is 11.5 Å². The smallest absolute Gasteiger partial charge is 0.305 e. The predicted octanol–water partition coefficient (Wildman–Crippen LogP) is 2.58. The summed E-state index contributed by atoms with van der Waals surface area (Å²) in [6, 6.07) is 12.3. The Morgan fingerprint density at radius 1 is 1.40 bits per heavy atom. The Bertz CT molecular complexity index is 801. The third-order valence-electron chi connectivity index (χ3n) is 3.75. The number of anilines is 1. The van der Waals surface area contributed by atoms with Gasteiger partial charge in [-0.05, 0) is 37.9 Å². The van der Waals surface area contributed by atoms with Gasteiger partial charge in [-0.2, -0.15) is 5.26 Å². The Labute approximate surface area is 145 Å². The van der Waals surface area contributed by atoms with Crippen LogP contribution in [-0.2, 0) is 0 Å². The van der Waals surface area contributed by atoms with Gasteiger partial charge in [0, 0.05) is 12.6 Å². The van der Waals surface area contributed by atoms with Crippen LogP contribution < -0.4 is 10.1 Å². The van der Waals surface area contributed by atoms with Crippen LogP contribution in [0, 0.1) is 21.4 Å². The largest absolute Gasteiger partial charge is 0.497 e. The van der Waals surface area contributed by atoms with Crippen molar-refractivity contribution in [3.05, 3.63) is 57.8 Å². The molecule has 1 N–H and O–H groups in total. The van der Waals surface area contributed by atoms with E-state index in [1.165, 1.54) is 12.1 Å². The van der Waals surface area contributed by atoms with E-state index in [1.54, 1.807) is 13.2 Å². The van der Waals surface area contributed by atoms with Crippen molar-refractivity contribution in [1.82, 2.24) is 9.88 Å². The number of nitrogens with zero attached hydrogens (tertiary/aromatic N) is 4. The summed E-state index contributed by atoms with van der Waals surface area (Å²) in [5.74, 6) is 1.18. The third kappa shape index (κ3) is 4.43. The first kappa shape index (κ1) is 18.2. The molecular formula is C17H19N5O3. The van der Waals surface area contributed by atoms with Crippen molar-refractivity contribution in [3.63, 3.8) is 0 Å². The monoisotopic (exact) mass is 341 g/mol. The molecule has 0 saturated carbocycles. The van der Waals surface area contributed by atoms with Gasteiger partial charge >= 0.3 is 5.69 Å². The van der Waals surface area contributed by atoms with E-state index in [0.717, 1.165) is 11.3 Å². The predicted molar refractivity (Wildman–Crippen MR) is 93.5 cm³/mol. The minimum Gasteiger partial charge on any atom is -0.497 e. The second-order valence-corrected chi connectivity index (χ2v) is 5.57. The van der Waals surface area contributed by atoms with Crippen molar-refractivity contribution in [2.45, 2.75) is 6.04 Å². The quantitative estimate of drug-likeness (QED) is 0.609. The lowest BCUT2D eigenvalue weighted by atomic mass is 10.1. The number of nitrogens with one attached hydrogen (secondary N) is 1. The molecule has 0 bridgehead atoms. The number of pyridine rings is 1. The molecule has 8 heteroatoms. The van der Waals surface area contributed by atoms with Crippen LogP contribution >= 0.6 is 0 Å². The molecule has 1 heterocycles. The SMILES string of the molecule is COc1cccc(C(CNc2ccc([N+](=O)[O-])c(C#N)n2)N(C)C)c1. The molecule has 1 atom stereocenters. The van der Waals surface area contributed by atoms with Crippen molar-refractivity contribution in [2.75, 3.05) is 33.1 Å². The lowest BCUT2D eigenvalue weighted by Gasteiger charge is -2.25. The highest BCUT2D eigenvalue weighted by Gasteiger charge is 2.18. The normalized spacial score (nSPS) is 11.6. The summed E-state index contributed by atoms with van der Waals surface area (Å²) in [5, 5.41) is 23.0. The summed E-state index contributed by atoms with van der Waals surface area (Å²) >= 11 is 0. The van der Waals surface area contributed by atoms with E-state index in [-0.39, 0.29) is 17.4 Å². The van der Waals surface area contributed by atoms with Gasteiger partial charge in [0.25, 0.3) is 0 Å². The van der Waals surface area contributed by atoms with Gasteiger partial charge in [0.2, 0.25) is 5.69 Å². The number of ether oxygens (including phenoxy) is 1. The third-order valence-corrected chi connectivity index (χ3v) is 3.75. The first-order valence-corrected chi connectivity index (χ1v) is 7.56. The number of rotatable bonds is 7. The van der Waals surface area contributed by atoms with E-state index in [0.29, 0.717) is 12.4 Å². The maximum Gasteiger partial charge on any atom is 0.305 e. The van der Waals surface area contributed by atoms with E-state index >= 15 is 0 Å². The standard InChI is InChI=1S/C17H19N5O3/c1-21(2)16(12-5-4-6-13(9-12)25-3)11-19-17-8-7-15(22(23)24)14(10-18)20-17/h4-9,16H,11H2,1-3H3,(H,19,20). The first-order chi connectivity index (χ1) is 12.0. The van der Waals surface area contributed by atoms with Gasteiger partial charge in [-0.15, -0.1) is 0 Å². The number of aromatic nitrogens is 1. The number of benzene rings is 1. The maximum atomic E-state index is 10.9. The van der Waals surface area contributed by atoms with Crippen molar-refractivity contribution in [1.29, 1.82) is 5.26 Å². The van der Waals surface area contributed by atoms with Gasteiger partial charge in [0.05, 0.1) is 18.1 Å². The number of hydrogen-bond acceptors (Lipinski definition) is 7. The van der Waals surface area contributed by atoms with E-state index in [2.05, 4.69) is 10.3 Å². The Morgan fingerprint density at radius 3 is 2.76 bits per heavy atom. The van der Waals surface area contributed by atoms with Crippen molar-refractivity contribution in [3.8, 4) is 11.8 Å². The molecule has 0 saturated heterocycles. The highest BCUT2D eigenvalue weighted by atomic mass is 16.6. The molecule has 25 heavy (non-hydrogen) atoms. The van der Waals surface area contributed by atoms with Crippen molar-refractivity contribution >= 4 is 11.5 Å². The lowest BCUT2D eigenvalue weighted by Crippen LogP contribution is -2.27. The fourth-order valence-corrected chi connectivity index (χ4v) is 2.43. The minimum atomic E-state index is -0.617. The molecule has 130 valence electrons. The summed E-state index contributed by atoms with van der Waals surface area (Å²) in [4.78, 5) is 16.3. The molecule has 0 aliphatic heterocycles. The molecule has 1 aromatic carbocycles. The van der Waals surface area contributed by atoms with E-state index in [4.69, 9.17) is 10.00 Å². The summed E-state index contributed by atoms with van der Waals surface area (Å²) in [6.45, 7) is 0.510. The highest BCUT2D eigenvalue weighted by Crippen LogP contribution is 2.24. The molecule has 1 aromatic heterocycles. The van der Waals surface area contributed by atoms with Crippen LogP contribution in [0.25, 0.3) is 0 Å². The molecule has 2 aromatic rings. The molecule has 0 fully saturated rings. The average molecular weight is 341 g/mol. The van der Waals surface area contributed by atoms with Gasteiger partial charge in [-0.1, -0.05) is 12.1 Å². The zero-order valence-corrected chi connectivity index (χ0v) is 14.3. The minimum absolute atomic E-state index is 0.0256. The Morgan fingerprint density at radius 2 is 2.16 bits per heavy atom. The molecular weight excluding hydrogens is 322 g/mol. The average Bonchev–Trinajstić information content (AvgIpc) is 2.61. The van der Waals surface area contributed by atoms with Crippen LogP contribution in [0.1, 0.15) is 17.3 Å². The van der Waals surface area contributed by atoms with Crippen LogP contribution in [0.2, 0.25) is 0 Å². The molecule has 0 spiro atoms. The Hall–Kier alpha value is -3.18. The summed E-state index contributed by atoms with van der Waals surface area (Å²) in [7, 11) is 5.53. The zero-order valence-electron chi connectivity index (χ0n) is 14.3. The highest BCUT2D eigenvalue weighted by molar-refractivity contribution is 5.50. The van der Waals surface area contributed by atoms with Crippen LogP contribution in [-0.4, -0.2) is 42.6 Å².